The van der Waals surface area contributed by atoms with Gasteiger partial charge < -0.3 is 19.5 Å². The van der Waals surface area contributed by atoms with Crippen LogP contribution in [0.2, 0.25) is 0 Å². The largest absolute Gasteiger partial charge is 0.477 e. The van der Waals surface area contributed by atoms with Gasteiger partial charge in [-0.2, -0.15) is 0 Å². The molecular formula is C9H13NO4. The maximum atomic E-state index is 10.7. The van der Waals surface area contributed by atoms with E-state index in [2.05, 4.69) is 0 Å². The van der Waals surface area contributed by atoms with Crippen LogP contribution in [0.5, 0.6) is 0 Å². The van der Waals surface area contributed by atoms with E-state index < -0.39 is 5.97 Å². The summed E-state index contributed by atoms with van der Waals surface area (Å²) in [5.41, 5.74) is 0.248. The maximum absolute atomic E-state index is 10.7. The molecule has 0 aliphatic rings. The fourth-order valence-corrected chi connectivity index (χ4v) is 1.13. The Morgan fingerprint density at radius 3 is 2.93 bits per heavy atom. The smallest absolute Gasteiger partial charge is 0.352 e. The molecule has 0 amide bonds. The Balaban J connectivity index is 2.42. The van der Waals surface area contributed by atoms with Gasteiger partial charge in [-0.25, -0.2) is 4.79 Å². The standard InChI is InChI=1S/C9H13NO4/c11-5-7-14-6-4-10-3-1-2-8(10)9(12)13/h1-3,11H,4-7H2,(H,12,13). The Hall–Kier alpha value is -1.33. The van der Waals surface area contributed by atoms with Crippen LogP contribution in [0.15, 0.2) is 18.3 Å². The zero-order valence-electron chi connectivity index (χ0n) is 7.72. The van der Waals surface area contributed by atoms with E-state index in [0.29, 0.717) is 13.2 Å². The summed E-state index contributed by atoms with van der Waals surface area (Å²) in [5.74, 6) is -0.947. The van der Waals surface area contributed by atoms with Gasteiger partial charge in [-0.15, -0.1) is 0 Å². The van der Waals surface area contributed by atoms with Gasteiger partial charge >= 0.3 is 5.97 Å². The van der Waals surface area contributed by atoms with Crippen molar-refractivity contribution >= 4 is 5.97 Å². The Kier molecular flexibility index (Phi) is 4.15. The molecule has 0 aliphatic carbocycles. The fraction of sp³-hybridized carbons (Fsp3) is 0.444. The molecule has 0 bridgehead atoms. The molecule has 0 aliphatic heterocycles. The highest BCUT2D eigenvalue weighted by Crippen LogP contribution is 2.01. The van der Waals surface area contributed by atoms with Crippen LogP contribution in [-0.2, 0) is 11.3 Å². The average molecular weight is 199 g/mol. The summed E-state index contributed by atoms with van der Waals surface area (Å²) < 4.78 is 6.62. The summed E-state index contributed by atoms with van der Waals surface area (Å²) in [7, 11) is 0. The molecule has 1 aromatic rings. The van der Waals surface area contributed by atoms with Gasteiger partial charge in [-0.3, -0.25) is 0 Å². The molecule has 1 aromatic heterocycles. The molecule has 1 rings (SSSR count). The molecule has 78 valence electrons. The first-order valence-corrected chi connectivity index (χ1v) is 4.32. The number of hydrogen-bond donors (Lipinski definition) is 2. The highest BCUT2D eigenvalue weighted by molar-refractivity contribution is 5.85. The van der Waals surface area contributed by atoms with Gasteiger partial charge in [0.25, 0.3) is 0 Å². The summed E-state index contributed by atoms with van der Waals surface area (Å²) in [4.78, 5) is 10.7. The Morgan fingerprint density at radius 1 is 1.50 bits per heavy atom. The number of carbonyl (C=O) groups is 1. The van der Waals surface area contributed by atoms with Crippen LogP contribution in [0, 0.1) is 0 Å². The second kappa shape index (κ2) is 5.41. The molecular weight excluding hydrogens is 186 g/mol. The van der Waals surface area contributed by atoms with Crippen molar-refractivity contribution in [1.82, 2.24) is 4.57 Å². The lowest BCUT2D eigenvalue weighted by molar-refractivity contribution is 0.0672. The molecule has 0 saturated carbocycles. The lowest BCUT2D eigenvalue weighted by Crippen LogP contribution is -2.12. The molecule has 0 unspecified atom stereocenters. The van der Waals surface area contributed by atoms with Crippen molar-refractivity contribution in [3.63, 3.8) is 0 Å². The van der Waals surface area contributed by atoms with Crippen LogP contribution in [0.1, 0.15) is 10.5 Å². The van der Waals surface area contributed by atoms with Gasteiger partial charge in [-0.05, 0) is 12.1 Å². The minimum atomic E-state index is -0.947. The molecule has 5 nitrogen and oxygen atoms in total. The molecule has 0 fully saturated rings. The summed E-state index contributed by atoms with van der Waals surface area (Å²) in [6.45, 7) is 1.14. The maximum Gasteiger partial charge on any atom is 0.352 e. The first-order valence-electron chi connectivity index (χ1n) is 4.32. The molecule has 0 radical (unpaired) electrons. The van der Waals surface area contributed by atoms with Gasteiger partial charge in [-0.1, -0.05) is 0 Å². The van der Waals surface area contributed by atoms with Crippen LogP contribution in [0.25, 0.3) is 0 Å². The minimum Gasteiger partial charge on any atom is -0.477 e. The van der Waals surface area contributed by atoms with Gasteiger partial charge in [0, 0.05) is 12.7 Å². The third-order valence-electron chi connectivity index (χ3n) is 1.76. The second-order valence-corrected chi connectivity index (χ2v) is 2.73. The third-order valence-corrected chi connectivity index (χ3v) is 1.76. The van der Waals surface area contributed by atoms with Gasteiger partial charge in [0.2, 0.25) is 0 Å². The monoisotopic (exact) mass is 199 g/mol. The molecule has 14 heavy (non-hydrogen) atoms. The van der Waals surface area contributed by atoms with Gasteiger partial charge in [0.1, 0.15) is 5.69 Å². The number of hydrogen-bond acceptors (Lipinski definition) is 3. The number of carboxylic acids is 1. The summed E-state index contributed by atoms with van der Waals surface area (Å²) in [6.07, 6.45) is 1.69. The van der Waals surface area contributed by atoms with Crippen molar-refractivity contribution in [1.29, 1.82) is 0 Å². The minimum absolute atomic E-state index is 0.0164. The van der Waals surface area contributed by atoms with Crippen LogP contribution < -0.4 is 0 Å². The molecule has 1 heterocycles. The van der Waals surface area contributed by atoms with Gasteiger partial charge in [0.05, 0.1) is 19.8 Å². The number of aromatic carboxylic acids is 1. The molecule has 0 atom stereocenters. The molecule has 0 saturated heterocycles. The quantitative estimate of drug-likeness (QED) is 0.642. The predicted octanol–water partition coefficient (Wildman–Crippen LogP) is 0.195. The number of nitrogens with zero attached hydrogens (tertiary/aromatic N) is 1. The number of rotatable bonds is 6. The zero-order chi connectivity index (χ0) is 10.4. The van der Waals surface area contributed by atoms with E-state index in [0.717, 1.165) is 0 Å². The SMILES string of the molecule is O=C(O)c1cccn1CCOCCO. The van der Waals surface area contributed by atoms with E-state index in [-0.39, 0.29) is 18.9 Å². The number of aliphatic hydroxyl groups is 1. The lowest BCUT2D eigenvalue weighted by atomic mass is 10.4. The van der Waals surface area contributed by atoms with E-state index in [1.165, 1.54) is 6.07 Å². The molecule has 0 aromatic carbocycles. The first kappa shape index (κ1) is 10.7. The predicted molar refractivity (Wildman–Crippen MR) is 49.3 cm³/mol. The number of carboxylic acid groups (broad SMARTS) is 1. The number of ether oxygens (including phenoxy) is 1. The van der Waals surface area contributed by atoms with Crippen molar-refractivity contribution in [3.8, 4) is 0 Å². The van der Waals surface area contributed by atoms with Crippen LogP contribution in [0.4, 0.5) is 0 Å². The van der Waals surface area contributed by atoms with E-state index in [9.17, 15) is 4.79 Å². The normalized spacial score (nSPS) is 10.4. The summed E-state index contributed by atoms with van der Waals surface area (Å²) >= 11 is 0. The lowest BCUT2D eigenvalue weighted by Gasteiger charge is -2.06. The topological polar surface area (TPSA) is 71.7 Å². The fourth-order valence-electron chi connectivity index (χ4n) is 1.13. The van der Waals surface area contributed by atoms with Crippen molar-refractivity contribution in [2.45, 2.75) is 6.54 Å². The highest BCUT2D eigenvalue weighted by Gasteiger charge is 2.07. The zero-order valence-corrected chi connectivity index (χ0v) is 7.72. The third kappa shape index (κ3) is 2.86. The van der Waals surface area contributed by atoms with Gasteiger partial charge in [0.15, 0.2) is 0 Å². The molecule has 2 N–H and O–H groups in total. The number of aromatic nitrogens is 1. The Bertz CT molecular complexity index is 295. The van der Waals surface area contributed by atoms with Crippen molar-refractivity contribution in [3.05, 3.63) is 24.0 Å². The first-order chi connectivity index (χ1) is 6.75. The van der Waals surface area contributed by atoms with E-state index in [4.69, 9.17) is 14.9 Å². The summed E-state index contributed by atoms with van der Waals surface area (Å²) in [6, 6.07) is 3.21. The Morgan fingerprint density at radius 2 is 2.29 bits per heavy atom. The molecule has 0 spiro atoms. The van der Waals surface area contributed by atoms with Crippen LogP contribution in [0.3, 0.4) is 0 Å². The van der Waals surface area contributed by atoms with Crippen molar-refractivity contribution in [2.24, 2.45) is 0 Å². The average Bonchev–Trinajstić information content (AvgIpc) is 2.60. The van der Waals surface area contributed by atoms with Crippen molar-refractivity contribution < 1.29 is 19.7 Å². The molecule has 5 heteroatoms. The van der Waals surface area contributed by atoms with Crippen molar-refractivity contribution in [2.75, 3.05) is 19.8 Å². The second-order valence-electron chi connectivity index (χ2n) is 2.73. The van der Waals surface area contributed by atoms with Crippen LogP contribution >= 0.6 is 0 Å². The summed E-state index contributed by atoms with van der Waals surface area (Å²) in [5, 5.41) is 17.2. The van der Waals surface area contributed by atoms with E-state index in [1.807, 2.05) is 0 Å². The highest BCUT2D eigenvalue weighted by atomic mass is 16.5. The van der Waals surface area contributed by atoms with Crippen LogP contribution in [-0.4, -0.2) is 40.6 Å². The Labute approximate surface area is 81.5 Å². The van der Waals surface area contributed by atoms with E-state index >= 15 is 0 Å². The number of aliphatic hydroxyl groups excluding tert-OH is 1. The van der Waals surface area contributed by atoms with E-state index in [1.54, 1.807) is 16.8 Å².